The minimum Gasteiger partial charge on any atom is -0.489 e. The quantitative estimate of drug-likeness (QED) is 0.548. The Balaban J connectivity index is 1.50. The Bertz CT molecular complexity index is 811. The molecule has 1 fully saturated rings. The van der Waals surface area contributed by atoms with Gasteiger partial charge >= 0.3 is 0 Å². The van der Waals surface area contributed by atoms with Crippen LogP contribution >= 0.6 is 0 Å². The van der Waals surface area contributed by atoms with Crippen LogP contribution in [-0.2, 0) is 11.3 Å². The molecule has 156 valence electrons. The first-order chi connectivity index (χ1) is 14.2. The number of nitrogens with zero attached hydrogens (tertiary/aromatic N) is 3. The molecule has 1 aliphatic rings. The van der Waals surface area contributed by atoms with Gasteiger partial charge in [-0.05, 0) is 25.1 Å². The van der Waals surface area contributed by atoms with Gasteiger partial charge in [0.25, 0.3) is 0 Å². The predicted molar refractivity (Wildman–Crippen MR) is 112 cm³/mol. The lowest BCUT2D eigenvalue weighted by molar-refractivity contribution is 0.122. The van der Waals surface area contributed by atoms with Gasteiger partial charge in [-0.15, -0.1) is 0 Å². The molecule has 1 aromatic heterocycles. The number of aliphatic imine (C=N–C) groups is 1. The summed E-state index contributed by atoms with van der Waals surface area (Å²) < 4.78 is 24.4. The van der Waals surface area contributed by atoms with E-state index in [9.17, 15) is 4.39 Å². The van der Waals surface area contributed by atoms with E-state index in [0.717, 1.165) is 37.7 Å². The molecule has 7 nitrogen and oxygen atoms in total. The summed E-state index contributed by atoms with van der Waals surface area (Å²) in [5.74, 6) is 1.83. The maximum atomic E-state index is 13.3. The highest BCUT2D eigenvalue weighted by Crippen LogP contribution is 2.18. The Labute approximate surface area is 170 Å². The minimum atomic E-state index is -0.312. The van der Waals surface area contributed by atoms with Crippen molar-refractivity contribution in [1.29, 1.82) is 0 Å². The third kappa shape index (κ3) is 6.32. The van der Waals surface area contributed by atoms with Crippen molar-refractivity contribution in [1.82, 2.24) is 15.6 Å². The first kappa shape index (κ1) is 20.9. The van der Waals surface area contributed by atoms with Gasteiger partial charge in [-0.25, -0.2) is 9.37 Å². The zero-order chi connectivity index (χ0) is 20.5. The smallest absolute Gasteiger partial charge is 0.191 e. The van der Waals surface area contributed by atoms with E-state index in [1.54, 1.807) is 19.2 Å². The topological polar surface area (TPSA) is 71.0 Å². The fraction of sp³-hybridized carbons (Fsp3) is 0.429. The molecule has 2 aromatic rings. The zero-order valence-corrected chi connectivity index (χ0v) is 16.9. The number of hydrogen-bond acceptors (Lipinski definition) is 5. The maximum Gasteiger partial charge on any atom is 0.191 e. The van der Waals surface area contributed by atoms with E-state index in [4.69, 9.17) is 9.47 Å². The number of aromatic nitrogens is 1. The first-order valence-electron chi connectivity index (χ1n) is 9.79. The van der Waals surface area contributed by atoms with Crippen LogP contribution in [0.4, 0.5) is 10.2 Å². The van der Waals surface area contributed by atoms with Crippen molar-refractivity contribution in [3.8, 4) is 5.75 Å². The van der Waals surface area contributed by atoms with E-state index in [-0.39, 0.29) is 11.9 Å². The van der Waals surface area contributed by atoms with Gasteiger partial charge in [-0.1, -0.05) is 12.1 Å². The molecule has 0 saturated carbocycles. The summed E-state index contributed by atoms with van der Waals surface area (Å²) in [5, 5.41) is 6.56. The molecule has 0 aliphatic carbocycles. The lowest BCUT2D eigenvalue weighted by atomic mass is 10.2. The molecule has 2 heterocycles. The van der Waals surface area contributed by atoms with Crippen molar-refractivity contribution in [2.45, 2.75) is 19.6 Å². The number of ether oxygens (including phenoxy) is 2. The largest absolute Gasteiger partial charge is 0.489 e. The van der Waals surface area contributed by atoms with Gasteiger partial charge < -0.3 is 25.0 Å². The van der Waals surface area contributed by atoms with Crippen molar-refractivity contribution in [3.05, 3.63) is 54.0 Å². The van der Waals surface area contributed by atoms with Crippen LogP contribution in [0, 0.1) is 5.82 Å². The fourth-order valence-corrected chi connectivity index (χ4v) is 3.08. The van der Waals surface area contributed by atoms with E-state index in [1.807, 2.05) is 19.2 Å². The van der Waals surface area contributed by atoms with Gasteiger partial charge in [-0.3, -0.25) is 4.99 Å². The van der Waals surface area contributed by atoms with Crippen molar-refractivity contribution in [2.75, 3.05) is 44.8 Å². The Hall–Kier alpha value is -2.87. The van der Waals surface area contributed by atoms with Crippen LogP contribution in [0.2, 0.25) is 0 Å². The highest BCUT2D eigenvalue weighted by molar-refractivity contribution is 5.79. The van der Waals surface area contributed by atoms with Crippen molar-refractivity contribution < 1.29 is 13.9 Å². The summed E-state index contributed by atoms with van der Waals surface area (Å²) in [6.07, 6.45) is 1.66. The van der Waals surface area contributed by atoms with Gasteiger partial charge in [0.1, 0.15) is 23.5 Å². The molecule has 8 heteroatoms. The molecule has 1 atom stereocenters. The molecule has 3 rings (SSSR count). The molecule has 1 saturated heterocycles. The average molecular weight is 401 g/mol. The lowest BCUT2D eigenvalue weighted by Gasteiger charge is -2.29. The monoisotopic (exact) mass is 401 g/mol. The molecule has 0 radical (unpaired) electrons. The third-order valence-electron chi connectivity index (χ3n) is 4.54. The van der Waals surface area contributed by atoms with Gasteiger partial charge in [0.05, 0.1) is 19.8 Å². The second-order valence-corrected chi connectivity index (χ2v) is 6.78. The number of nitrogens with one attached hydrogen (secondary N) is 2. The van der Waals surface area contributed by atoms with Crippen LogP contribution in [0.15, 0.2) is 47.6 Å². The third-order valence-corrected chi connectivity index (χ3v) is 4.54. The normalized spacial score (nSPS) is 15.7. The predicted octanol–water partition coefficient (Wildman–Crippen LogP) is 2.19. The highest BCUT2D eigenvalue weighted by Gasteiger charge is 2.16. The molecular formula is C21H28FN5O2. The maximum absolute atomic E-state index is 13.3. The SMILES string of the molecule is CN=C(NCc1cccnc1N1CCOCC1)NCC(C)Oc1cccc(F)c1. The number of morpholine rings is 1. The summed E-state index contributed by atoms with van der Waals surface area (Å²) in [7, 11) is 1.72. The fourth-order valence-electron chi connectivity index (χ4n) is 3.08. The number of rotatable bonds is 7. The van der Waals surface area contributed by atoms with Crippen LogP contribution in [-0.4, -0.2) is 56.9 Å². The second-order valence-electron chi connectivity index (χ2n) is 6.78. The number of pyridine rings is 1. The molecule has 0 spiro atoms. The van der Waals surface area contributed by atoms with Crippen LogP contribution in [0.25, 0.3) is 0 Å². The Kier molecular flexibility index (Phi) is 7.63. The summed E-state index contributed by atoms with van der Waals surface area (Å²) >= 11 is 0. The van der Waals surface area contributed by atoms with Crippen LogP contribution < -0.4 is 20.3 Å². The molecule has 2 N–H and O–H groups in total. The molecule has 29 heavy (non-hydrogen) atoms. The first-order valence-corrected chi connectivity index (χ1v) is 9.79. The van der Waals surface area contributed by atoms with Gasteiger partial charge in [0, 0.05) is 44.5 Å². The van der Waals surface area contributed by atoms with Gasteiger partial charge in [0.15, 0.2) is 5.96 Å². The molecule has 0 amide bonds. The van der Waals surface area contributed by atoms with Crippen molar-refractivity contribution >= 4 is 11.8 Å². The van der Waals surface area contributed by atoms with Gasteiger partial charge in [0.2, 0.25) is 0 Å². The van der Waals surface area contributed by atoms with Crippen molar-refractivity contribution in [3.63, 3.8) is 0 Å². The molecular weight excluding hydrogens is 373 g/mol. The van der Waals surface area contributed by atoms with Gasteiger partial charge in [-0.2, -0.15) is 0 Å². The molecule has 1 unspecified atom stereocenters. The lowest BCUT2D eigenvalue weighted by Crippen LogP contribution is -2.42. The number of anilines is 1. The van der Waals surface area contributed by atoms with Crippen LogP contribution in [0.5, 0.6) is 5.75 Å². The van der Waals surface area contributed by atoms with E-state index in [2.05, 4.69) is 31.6 Å². The minimum absolute atomic E-state index is 0.155. The molecule has 1 aliphatic heterocycles. The van der Waals surface area contributed by atoms with E-state index < -0.39 is 0 Å². The van der Waals surface area contributed by atoms with Crippen molar-refractivity contribution in [2.24, 2.45) is 4.99 Å². The zero-order valence-electron chi connectivity index (χ0n) is 16.9. The number of guanidine groups is 1. The number of halogens is 1. The highest BCUT2D eigenvalue weighted by atomic mass is 19.1. The Morgan fingerprint density at radius 1 is 1.28 bits per heavy atom. The van der Waals surface area contributed by atoms with E-state index >= 15 is 0 Å². The summed E-state index contributed by atoms with van der Waals surface area (Å²) in [5.41, 5.74) is 1.10. The summed E-state index contributed by atoms with van der Waals surface area (Å²) in [6.45, 7) is 6.16. The van der Waals surface area contributed by atoms with Crippen LogP contribution in [0.1, 0.15) is 12.5 Å². The molecule has 1 aromatic carbocycles. The number of benzene rings is 1. The standard InChI is InChI=1S/C21H28FN5O2/c1-16(29-19-7-3-6-18(22)13-19)14-25-21(23-2)26-15-17-5-4-8-24-20(17)27-9-11-28-12-10-27/h3-8,13,16H,9-12,14-15H2,1-2H3,(H2,23,25,26). The Morgan fingerprint density at radius 2 is 2.10 bits per heavy atom. The van der Waals surface area contributed by atoms with E-state index in [0.29, 0.717) is 24.8 Å². The summed E-state index contributed by atoms with van der Waals surface area (Å²) in [6, 6.07) is 10.1. The second kappa shape index (κ2) is 10.6. The Morgan fingerprint density at radius 3 is 2.86 bits per heavy atom. The summed E-state index contributed by atoms with van der Waals surface area (Å²) in [4.78, 5) is 11.1. The van der Waals surface area contributed by atoms with Crippen LogP contribution in [0.3, 0.4) is 0 Å². The molecule has 0 bridgehead atoms. The number of hydrogen-bond donors (Lipinski definition) is 2. The average Bonchev–Trinajstić information content (AvgIpc) is 2.75. The van der Waals surface area contributed by atoms with E-state index in [1.165, 1.54) is 12.1 Å².